The predicted octanol–water partition coefficient (Wildman–Crippen LogP) is 2.71. The van der Waals surface area contributed by atoms with Gasteiger partial charge in [-0.3, -0.25) is 10.1 Å². The van der Waals surface area contributed by atoms with E-state index in [1.165, 1.54) is 6.07 Å². The lowest BCUT2D eigenvalue weighted by atomic mass is 10.2. The minimum absolute atomic E-state index is 0.0471. The topological polar surface area (TPSA) is 84.4 Å². The summed E-state index contributed by atoms with van der Waals surface area (Å²) >= 11 is 0. The van der Waals surface area contributed by atoms with Crippen LogP contribution in [0.3, 0.4) is 0 Å². The highest BCUT2D eigenvalue weighted by atomic mass is 16.6. The summed E-state index contributed by atoms with van der Waals surface area (Å²) in [6, 6.07) is 5.30. The molecule has 0 radical (unpaired) electrons. The number of anilines is 2. The highest BCUT2D eigenvalue weighted by molar-refractivity contribution is 5.65. The van der Waals surface area contributed by atoms with Crippen LogP contribution in [0, 0.1) is 10.1 Å². The van der Waals surface area contributed by atoms with Gasteiger partial charge in [-0.2, -0.15) is 0 Å². The summed E-state index contributed by atoms with van der Waals surface area (Å²) < 4.78 is 0. The van der Waals surface area contributed by atoms with Gasteiger partial charge in [0.1, 0.15) is 5.69 Å². The molecule has 0 aliphatic rings. The Morgan fingerprint density at radius 3 is 2.65 bits per heavy atom. The Labute approximate surface area is 120 Å². The second kappa shape index (κ2) is 7.69. The summed E-state index contributed by atoms with van der Waals surface area (Å²) in [6.07, 6.45) is 2.16. The molecule has 6 heteroatoms. The van der Waals surface area contributed by atoms with Crippen molar-refractivity contribution in [3.05, 3.63) is 28.3 Å². The molecule has 0 fully saturated rings. The molecule has 20 heavy (non-hydrogen) atoms. The first kappa shape index (κ1) is 16.2. The highest BCUT2D eigenvalue weighted by Crippen LogP contribution is 2.24. The van der Waals surface area contributed by atoms with Crippen molar-refractivity contribution in [2.75, 3.05) is 31.2 Å². The molecule has 0 aliphatic carbocycles. The maximum absolute atomic E-state index is 10.7. The standard InChI is InChI=1S/C14H24N4O2/c1-11(2)17(3)9-5-4-8-16-12-6-7-14(18(19)20)13(15)10-12/h6-7,10-11,16H,4-5,8-9,15H2,1-3H3. The SMILES string of the molecule is CC(C)N(C)CCCCNc1ccc([N+](=O)[O-])c(N)c1. The van der Waals surface area contributed by atoms with Gasteiger partial charge in [0.15, 0.2) is 0 Å². The van der Waals surface area contributed by atoms with E-state index in [4.69, 9.17) is 5.73 Å². The zero-order valence-electron chi connectivity index (χ0n) is 12.4. The molecule has 0 unspecified atom stereocenters. The summed E-state index contributed by atoms with van der Waals surface area (Å²) in [4.78, 5) is 12.5. The van der Waals surface area contributed by atoms with Gasteiger partial charge in [-0.05, 0) is 52.4 Å². The molecule has 0 atom stereocenters. The number of benzene rings is 1. The van der Waals surface area contributed by atoms with Crippen LogP contribution in [0.2, 0.25) is 0 Å². The molecule has 0 amide bonds. The predicted molar refractivity (Wildman–Crippen MR) is 83.0 cm³/mol. The van der Waals surface area contributed by atoms with Gasteiger partial charge < -0.3 is 16.0 Å². The van der Waals surface area contributed by atoms with Crippen LogP contribution in [-0.2, 0) is 0 Å². The zero-order chi connectivity index (χ0) is 15.1. The van der Waals surface area contributed by atoms with Crippen molar-refractivity contribution < 1.29 is 4.92 Å². The number of nitrogens with two attached hydrogens (primary N) is 1. The molecule has 1 rings (SSSR count). The van der Waals surface area contributed by atoms with Crippen molar-refractivity contribution in [1.29, 1.82) is 0 Å². The van der Waals surface area contributed by atoms with E-state index in [1.807, 2.05) is 0 Å². The van der Waals surface area contributed by atoms with Crippen LogP contribution in [0.1, 0.15) is 26.7 Å². The molecular weight excluding hydrogens is 256 g/mol. The number of nitrogen functional groups attached to an aromatic ring is 1. The van der Waals surface area contributed by atoms with Crippen molar-refractivity contribution in [1.82, 2.24) is 4.90 Å². The van der Waals surface area contributed by atoms with Crippen molar-refractivity contribution in [3.63, 3.8) is 0 Å². The molecule has 3 N–H and O–H groups in total. The molecule has 0 heterocycles. The van der Waals surface area contributed by atoms with Gasteiger partial charge >= 0.3 is 0 Å². The molecule has 0 saturated heterocycles. The first-order chi connectivity index (χ1) is 9.41. The summed E-state index contributed by atoms with van der Waals surface area (Å²) in [5.41, 5.74) is 6.61. The van der Waals surface area contributed by atoms with Crippen LogP contribution in [-0.4, -0.2) is 36.0 Å². The molecule has 0 saturated carbocycles. The van der Waals surface area contributed by atoms with Crippen molar-refractivity contribution in [3.8, 4) is 0 Å². The van der Waals surface area contributed by atoms with E-state index in [9.17, 15) is 10.1 Å². The highest BCUT2D eigenvalue weighted by Gasteiger charge is 2.10. The van der Waals surface area contributed by atoms with Gasteiger partial charge in [0.25, 0.3) is 5.69 Å². The first-order valence-electron chi connectivity index (χ1n) is 6.90. The van der Waals surface area contributed by atoms with Crippen LogP contribution < -0.4 is 11.1 Å². The van der Waals surface area contributed by atoms with Crippen molar-refractivity contribution in [2.24, 2.45) is 0 Å². The second-order valence-corrected chi connectivity index (χ2v) is 5.24. The van der Waals surface area contributed by atoms with Gasteiger partial charge in [0, 0.05) is 24.3 Å². The average Bonchev–Trinajstić information content (AvgIpc) is 2.37. The number of unbranched alkanes of at least 4 members (excludes halogenated alkanes) is 1. The Hall–Kier alpha value is -1.82. The van der Waals surface area contributed by atoms with E-state index in [1.54, 1.807) is 12.1 Å². The Morgan fingerprint density at radius 2 is 2.10 bits per heavy atom. The molecule has 6 nitrogen and oxygen atoms in total. The Morgan fingerprint density at radius 1 is 1.40 bits per heavy atom. The monoisotopic (exact) mass is 280 g/mol. The fourth-order valence-electron chi connectivity index (χ4n) is 1.81. The number of nitro groups is 1. The number of hydrogen-bond acceptors (Lipinski definition) is 5. The summed E-state index contributed by atoms with van der Waals surface area (Å²) in [5, 5.41) is 13.9. The van der Waals surface area contributed by atoms with E-state index < -0.39 is 4.92 Å². The minimum atomic E-state index is -0.471. The third kappa shape index (κ3) is 5.05. The summed E-state index contributed by atoms with van der Waals surface area (Å²) in [7, 11) is 2.12. The van der Waals surface area contributed by atoms with Crippen molar-refractivity contribution >= 4 is 17.1 Å². The number of nitrogens with one attached hydrogen (secondary N) is 1. The second-order valence-electron chi connectivity index (χ2n) is 5.24. The van der Waals surface area contributed by atoms with Crippen LogP contribution in [0.5, 0.6) is 0 Å². The Bertz CT molecular complexity index is 449. The molecule has 0 aliphatic heterocycles. The minimum Gasteiger partial charge on any atom is -0.393 e. The third-order valence-electron chi connectivity index (χ3n) is 3.37. The van der Waals surface area contributed by atoms with Crippen LogP contribution in [0.15, 0.2) is 18.2 Å². The molecule has 0 bridgehead atoms. The van der Waals surface area contributed by atoms with Gasteiger partial charge in [-0.25, -0.2) is 0 Å². The van der Waals surface area contributed by atoms with E-state index in [0.717, 1.165) is 31.6 Å². The van der Waals surface area contributed by atoms with E-state index >= 15 is 0 Å². The largest absolute Gasteiger partial charge is 0.393 e. The number of nitro benzene ring substituents is 1. The molecule has 1 aromatic carbocycles. The molecule has 0 spiro atoms. The maximum Gasteiger partial charge on any atom is 0.292 e. The number of nitrogens with zero attached hydrogens (tertiary/aromatic N) is 2. The van der Waals surface area contributed by atoms with Crippen LogP contribution in [0.4, 0.5) is 17.1 Å². The smallest absolute Gasteiger partial charge is 0.292 e. The Kier molecular flexibility index (Phi) is 6.24. The fourth-order valence-corrected chi connectivity index (χ4v) is 1.81. The normalized spacial score (nSPS) is 11.1. The molecule has 1 aromatic rings. The van der Waals surface area contributed by atoms with Gasteiger partial charge in [-0.15, -0.1) is 0 Å². The average molecular weight is 280 g/mol. The number of hydrogen-bond donors (Lipinski definition) is 2. The fraction of sp³-hybridized carbons (Fsp3) is 0.571. The van der Waals surface area contributed by atoms with Gasteiger partial charge in [0.05, 0.1) is 4.92 Å². The van der Waals surface area contributed by atoms with E-state index in [-0.39, 0.29) is 11.4 Å². The summed E-state index contributed by atoms with van der Waals surface area (Å²) in [6.45, 7) is 6.26. The number of rotatable bonds is 8. The van der Waals surface area contributed by atoms with E-state index in [2.05, 4.69) is 31.1 Å². The molecule has 112 valence electrons. The lowest BCUT2D eigenvalue weighted by molar-refractivity contribution is -0.383. The van der Waals surface area contributed by atoms with Gasteiger partial charge in [-0.1, -0.05) is 0 Å². The first-order valence-corrected chi connectivity index (χ1v) is 6.90. The molecular formula is C14H24N4O2. The zero-order valence-corrected chi connectivity index (χ0v) is 12.4. The van der Waals surface area contributed by atoms with Crippen molar-refractivity contribution in [2.45, 2.75) is 32.7 Å². The third-order valence-corrected chi connectivity index (χ3v) is 3.37. The molecule has 0 aromatic heterocycles. The lowest BCUT2D eigenvalue weighted by Crippen LogP contribution is -2.27. The Balaban J connectivity index is 2.32. The lowest BCUT2D eigenvalue weighted by Gasteiger charge is -2.20. The maximum atomic E-state index is 10.7. The van der Waals surface area contributed by atoms with Crippen LogP contribution in [0.25, 0.3) is 0 Å². The van der Waals surface area contributed by atoms with Gasteiger partial charge in [0.2, 0.25) is 0 Å². The summed E-state index contributed by atoms with van der Waals surface area (Å²) in [5.74, 6) is 0. The quantitative estimate of drug-likeness (QED) is 0.331. The van der Waals surface area contributed by atoms with Crippen LogP contribution >= 0.6 is 0 Å². The van der Waals surface area contributed by atoms with E-state index in [0.29, 0.717) is 6.04 Å².